The van der Waals surface area contributed by atoms with Crippen molar-refractivity contribution in [3.63, 3.8) is 0 Å². The van der Waals surface area contributed by atoms with Gasteiger partial charge in [-0.1, -0.05) is 35.0 Å². The van der Waals surface area contributed by atoms with Crippen LogP contribution in [0.3, 0.4) is 0 Å². The van der Waals surface area contributed by atoms with Crippen LogP contribution in [-0.2, 0) is 4.79 Å². The number of hydrogen-bond donors (Lipinski definition) is 1. The van der Waals surface area contributed by atoms with Gasteiger partial charge < -0.3 is 5.32 Å². The highest BCUT2D eigenvalue weighted by atomic mass is 79.9. The molecular weight excluding hydrogens is 270 g/mol. The Morgan fingerprint density at radius 3 is 2.44 bits per heavy atom. The molecule has 0 spiro atoms. The summed E-state index contributed by atoms with van der Waals surface area (Å²) in [5.74, 6) is -0.148. The zero-order valence-corrected chi connectivity index (χ0v) is 10.7. The molecule has 1 aromatic rings. The van der Waals surface area contributed by atoms with Crippen molar-refractivity contribution < 1.29 is 9.59 Å². The molecule has 86 valence electrons. The van der Waals surface area contributed by atoms with Crippen LogP contribution < -0.4 is 5.32 Å². The molecule has 0 saturated carbocycles. The number of nitrogens with one attached hydrogen (secondary N) is 1. The van der Waals surface area contributed by atoms with Crippen LogP contribution in [0.25, 0.3) is 0 Å². The second-order valence-electron chi connectivity index (χ2n) is 3.46. The Balaban J connectivity index is 2.47. The highest BCUT2D eigenvalue weighted by Crippen LogP contribution is 2.10. The molecule has 0 heterocycles. The third-order valence-electron chi connectivity index (χ3n) is 2.09. The first-order chi connectivity index (χ1) is 7.63. The minimum Gasteiger partial charge on any atom is -0.349 e. The van der Waals surface area contributed by atoms with Crippen LogP contribution in [0.2, 0.25) is 0 Å². The molecule has 0 aliphatic rings. The Kier molecular flexibility index (Phi) is 5.19. The summed E-state index contributed by atoms with van der Waals surface area (Å²) in [4.78, 5) is 22.8. The van der Waals surface area contributed by atoms with Crippen molar-refractivity contribution in [2.24, 2.45) is 0 Å². The van der Waals surface area contributed by atoms with Gasteiger partial charge in [-0.25, -0.2) is 0 Å². The molecule has 1 aromatic carbocycles. The number of ketones is 1. The van der Waals surface area contributed by atoms with Gasteiger partial charge in [-0.15, -0.1) is 0 Å². The second kappa shape index (κ2) is 6.43. The first kappa shape index (κ1) is 12.9. The van der Waals surface area contributed by atoms with E-state index in [0.29, 0.717) is 12.0 Å². The predicted molar refractivity (Wildman–Crippen MR) is 66.4 cm³/mol. The molecule has 1 rings (SSSR count). The van der Waals surface area contributed by atoms with Gasteiger partial charge in [0, 0.05) is 16.5 Å². The number of carbonyl (C=O) groups is 2. The quantitative estimate of drug-likeness (QED) is 0.845. The van der Waals surface area contributed by atoms with Crippen LogP contribution in [0.5, 0.6) is 0 Å². The fourth-order valence-corrected chi connectivity index (χ4v) is 1.50. The Morgan fingerprint density at radius 2 is 1.88 bits per heavy atom. The van der Waals surface area contributed by atoms with Gasteiger partial charge in [-0.2, -0.15) is 0 Å². The molecular formula is C12H14BrNO2. The molecule has 1 N–H and O–H groups in total. The van der Waals surface area contributed by atoms with Crippen molar-refractivity contribution in [1.82, 2.24) is 5.32 Å². The predicted octanol–water partition coefficient (Wildman–Crippen LogP) is 2.55. The molecule has 0 unspecified atom stereocenters. The number of halogens is 1. The third-order valence-corrected chi connectivity index (χ3v) is 2.62. The lowest BCUT2D eigenvalue weighted by atomic mass is 10.1. The van der Waals surface area contributed by atoms with Crippen molar-refractivity contribution >= 4 is 27.6 Å². The number of Topliss-reactive ketones (excluding diaryl/α,β-unsaturated/α-hetero) is 1. The van der Waals surface area contributed by atoms with E-state index in [1.807, 2.05) is 6.92 Å². The van der Waals surface area contributed by atoms with Gasteiger partial charge in [-0.3, -0.25) is 9.59 Å². The Bertz CT molecular complexity index is 373. The molecule has 1 amide bonds. The zero-order chi connectivity index (χ0) is 12.0. The molecule has 0 saturated heterocycles. The van der Waals surface area contributed by atoms with Crippen LogP contribution in [0.1, 0.15) is 30.1 Å². The summed E-state index contributed by atoms with van der Waals surface area (Å²) >= 11 is 3.30. The SMILES string of the molecule is CCCC(=O)NCC(=O)c1ccc(Br)cc1. The lowest BCUT2D eigenvalue weighted by Crippen LogP contribution is -2.29. The summed E-state index contributed by atoms with van der Waals surface area (Å²) < 4.78 is 0.930. The molecule has 0 radical (unpaired) electrons. The minimum absolute atomic E-state index is 0.0699. The summed E-state index contributed by atoms with van der Waals surface area (Å²) in [5.41, 5.74) is 0.611. The number of benzene rings is 1. The summed E-state index contributed by atoms with van der Waals surface area (Å²) in [6.45, 7) is 2.00. The second-order valence-corrected chi connectivity index (χ2v) is 4.37. The van der Waals surface area contributed by atoms with Crippen molar-refractivity contribution in [3.05, 3.63) is 34.3 Å². The van der Waals surface area contributed by atoms with E-state index in [-0.39, 0.29) is 18.2 Å². The summed E-state index contributed by atoms with van der Waals surface area (Å²) in [6, 6.07) is 7.08. The molecule has 0 fully saturated rings. The lowest BCUT2D eigenvalue weighted by Gasteiger charge is -2.03. The van der Waals surface area contributed by atoms with Gasteiger partial charge in [-0.05, 0) is 18.6 Å². The molecule has 4 heteroatoms. The van der Waals surface area contributed by atoms with Crippen LogP contribution >= 0.6 is 15.9 Å². The van der Waals surface area contributed by atoms with Crippen molar-refractivity contribution in [2.45, 2.75) is 19.8 Å². The molecule has 0 aliphatic heterocycles. The monoisotopic (exact) mass is 283 g/mol. The highest BCUT2D eigenvalue weighted by molar-refractivity contribution is 9.10. The van der Waals surface area contributed by atoms with Gasteiger partial charge in [0.1, 0.15) is 0 Å². The maximum Gasteiger partial charge on any atom is 0.220 e. The van der Waals surface area contributed by atoms with Gasteiger partial charge in [0.25, 0.3) is 0 Å². The van der Waals surface area contributed by atoms with Crippen molar-refractivity contribution in [3.8, 4) is 0 Å². The molecule has 16 heavy (non-hydrogen) atoms. The highest BCUT2D eigenvalue weighted by Gasteiger charge is 2.07. The summed E-state index contributed by atoms with van der Waals surface area (Å²) in [6.07, 6.45) is 1.26. The fourth-order valence-electron chi connectivity index (χ4n) is 1.23. The third kappa shape index (κ3) is 4.14. The summed E-state index contributed by atoms with van der Waals surface area (Å²) in [7, 11) is 0. The molecule has 0 aliphatic carbocycles. The first-order valence-electron chi connectivity index (χ1n) is 5.19. The summed E-state index contributed by atoms with van der Waals surface area (Å²) in [5, 5.41) is 2.60. The maximum absolute atomic E-state index is 11.6. The molecule has 0 aromatic heterocycles. The first-order valence-corrected chi connectivity index (χ1v) is 5.98. The van der Waals surface area contributed by atoms with E-state index < -0.39 is 0 Å². The maximum atomic E-state index is 11.6. The van der Waals surface area contributed by atoms with Gasteiger partial charge >= 0.3 is 0 Å². The van der Waals surface area contributed by atoms with E-state index in [4.69, 9.17) is 0 Å². The van der Waals surface area contributed by atoms with E-state index in [0.717, 1.165) is 10.9 Å². The fraction of sp³-hybridized carbons (Fsp3) is 0.333. The van der Waals surface area contributed by atoms with Crippen LogP contribution in [0.15, 0.2) is 28.7 Å². The van der Waals surface area contributed by atoms with Crippen molar-refractivity contribution in [1.29, 1.82) is 0 Å². The number of amides is 1. The van der Waals surface area contributed by atoms with Crippen LogP contribution in [0, 0.1) is 0 Å². The average Bonchev–Trinajstić information content (AvgIpc) is 2.27. The van der Waals surface area contributed by atoms with Crippen molar-refractivity contribution in [2.75, 3.05) is 6.54 Å². The smallest absolute Gasteiger partial charge is 0.220 e. The van der Waals surface area contributed by atoms with E-state index in [9.17, 15) is 9.59 Å². The number of hydrogen-bond acceptors (Lipinski definition) is 2. The molecule has 0 bridgehead atoms. The Hall–Kier alpha value is -1.16. The number of rotatable bonds is 5. The van der Waals surface area contributed by atoms with Gasteiger partial charge in [0.2, 0.25) is 5.91 Å². The van der Waals surface area contributed by atoms with Gasteiger partial charge in [0.05, 0.1) is 6.54 Å². The largest absolute Gasteiger partial charge is 0.349 e. The molecule has 0 atom stereocenters. The topological polar surface area (TPSA) is 46.2 Å². The average molecular weight is 284 g/mol. The van der Waals surface area contributed by atoms with E-state index in [1.165, 1.54) is 0 Å². The molecule has 3 nitrogen and oxygen atoms in total. The van der Waals surface area contributed by atoms with E-state index in [2.05, 4.69) is 21.2 Å². The normalized spacial score (nSPS) is 9.88. The van der Waals surface area contributed by atoms with E-state index >= 15 is 0 Å². The number of carbonyl (C=O) groups excluding carboxylic acids is 2. The lowest BCUT2D eigenvalue weighted by molar-refractivity contribution is -0.120. The van der Waals surface area contributed by atoms with Crippen LogP contribution in [-0.4, -0.2) is 18.2 Å². The minimum atomic E-state index is -0.0760. The Morgan fingerprint density at radius 1 is 1.25 bits per heavy atom. The Labute approximate surface area is 103 Å². The standard InChI is InChI=1S/C12H14BrNO2/c1-2-3-12(16)14-8-11(15)9-4-6-10(13)7-5-9/h4-7H,2-3,8H2,1H3,(H,14,16). The van der Waals surface area contributed by atoms with Crippen LogP contribution in [0.4, 0.5) is 0 Å². The van der Waals surface area contributed by atoms with E-state index in [1.54, 1.807) is 24.3 Å². The zero-order valence-electron chi connectivity index (χ0n) is 9.13. The van der Waals surface area contributed by atoms with Gasteiger partial charge in [0.15, 0.2) is 5.78 Å².